The standard InChI is InChI=1S/C28H27ClN4O5.C19H22ClNO3.C9H7N3O3/c1-2-38-28(37)24(34)16-22(14-18-9-11-19(12-10-18)20-6-5-7-21(29)15-20)31-27(36)23-17-26(35)33(32-23)25-8-3-4-13-30-25;1-2-24-19(23)18(22)12-17(21)10-13-6-8-14(9-7-13)15-4-3-5-16(20)11-15;13-8-5-6(9(14)15)11-12(8)7-3-1-2-4-10-7/h3-13,15,17,22,24,32,34H,2,14,16H2,1H3,(H,31,36);3-9,11,17-18,22H,2,10,12,21H2,1H3;1-5,11H,(H,14,15)/t22-,24-;17-,18-;/m11./s1. The first-order valence-corrected chi connectivity index (χ1v) is 24.9. The summed E-state index contributed by atoms with van der Waals surface area (Å²) in [7, 11) is 0. The molecule has 8 rings (SSSR count). The smallest absolute Gasteiger partial charge is 0.353 e. The number of benzene rings is 4. The van der Waals surface area contributed by atoms with Crippen LogP contribution in [0.25, 0.3) is 33.9 Å². The molecule has 8 N–H and O–H groups in total. The molecule has 8 aromatic rings. The first kappa shape index (κ1) is 57.8. The van der Waals surface area contributed by atoms with Gasteiger partial charge in [0.1, 0.15) is 11.4 Å². The number of nitrogens with zero attached hydrogens (tertiary/aromatic N) is 4. The zero-order valence-corrected chi connectivity index (χ0v) is 43.3. The number of aromatic carboxylic acids is 1. The molecule has 77 heavy (non-hydrogen) atoms. The van der Waals surface area contributed by atoms with Gasteiger partial charge in [0.15, 0.2) is 23.8 Å². The minimum atomic E-state index is -1.43. The zero-order valence-electron chi connectivity index (χ0n) is 41.8. The fourth-order valence-corrected chi connectivity index (χ4v) is 8.07. The number of hydrogen-bond donors (Lipinski definition) is 7. The summed E-state index contributed by atoms with van der Waals surface area (Å²) in [4.78, 5) is 79.0. The number of aromatic nitrogens is 6. The molecule has 4 heterocycles. The van der Waals surface area contributed by atoms with Crippen LogP contribution in [0.2, 0.25) is 10.0 Å². The van der Waals surface area contributed by atoms with E-state index in [1.165, 1.54) is 18.5 Å². The first-order chi connectivity index (χ1) is 37.0. The van der Waals surface area contributed by atoms with Gasteiger partial charge in [-0.2, -0.15) is 0 Å². The van der Waals surface area contributed by atoms with Gasteiger partial charge in [0, 0.05) is 53.1 Å². The average Bonchev–Trinajstić information content (AvgIpc) is 4.02. The number of carbonyl (C=O) groups is 4. The van der Waals surface area contributed by atoms with Gasteiger partial charge < -0.3 is 35.8 Å². The molecule has 19 nitrogen and oxygen atoms in total. The van der Waals surface area contributed by atoms with Crippen LogP contribution < -0.4 is 22.2 Å². The fraction of sp³-hybridized carbons (Fsp3) is 0.214. The summed E-state index contributed by atoms with van der Waals surface area (Å²) in [6.07, 6.45) is 1.44. The van der Waals surface area contributed by atoms with E-state index in [4.69, 9.17) is 43.5 Å². The molecule has 0 bridgehead atoms. The first-order valence-electron chi connectivity index (χ1n) is 24.2. The minimum absolute atomic E-state index is 0.0209. The van der Waals surface area contributed by atoms with Crippen molar-refractivity contribution in [3.8, 4) is 33.9 Å². The number of hydrogen-bond acceptors (Lipinski definition) is 13. The van der Waals surface area contributed by atoms with E-state index >= 15 is 0 Å². The number of amides is 1. The van der Waals surface area contributed by atoms with Crippen molar-refractivity contribution >= 4 is 47.0 Å². The van der Waals surface area contributed by atoms with Gasteiger partial charge in [-0.3, -0.25) is 24.6 Å². The van der Waals surface area contributed by atoms with Crippen LogP contribution in [0.4, 0.5) is 0 Å². The Hall–Kier alpha value is -8.46. The van der Waals surface area contributed by atoms with E-state index in [9.17, 15) is 39.0 Å². The number of halogens is 2. The third kappa shape index (κ3) is 17.3. The number of carboxylic acid groups (broad SMARTS) is 1. The molecule has 21 heteroatoms. The van der Waals surface area contributed by atoms with E-state index in [0.29, 0.717) is 34.5 Å². The quantitative estimate of drug-likeness (QED) is 0.0402. The van der Waals surface area contributed by atoms with Crippen LogP contribution in [0.1, 0.15) is 58.8 Å². The second-order valence-corrected chi connectivity index (χ2v) is 18.0. The molecular weight excluding hydrogens is 1030 g/mol. The number of aliphatic hydroxyl groups is 2. The molecule has 0 aliphatic rings. The lowest BCUT2D eigenvalue weighted by Crippen LogP contribution is -2.41. The van der Waals surface area contributed by atoms with Crippen molar-refractivity contribution in [1.29, 1.82) is 0 Å². The van der Waals surface area contributed by atoms with Crippen molar-refractivity contribution in [2.24, 2.45) is 5.73 Å². The summed E-state index contributed by atoms with van der Waals surface area (Å²) in [6, 6.07) is 42.2. The minimum Gasteiger partial charge on any atom is -0.477 e. The van der Waals surface area contributed by atoms with Crippen LogP contribution in [-0.4, -0.2) is 106 Å². The Bertz CT molecular complexity index is 3330. The number of nitrogens with one attached hydrogen (secondary N) is 3. The van der Waals surface area contributed by atoms with Gasteiger partial charge in [-0.1, -0.05) is 108 Å². The van der Waals surface area contributed by atoms with Crippen LogP contribution in [0.3, 0.4) is 0 Å². The lowest BCUT2D eigenvalue weighted by Gasteiger charge is -2.21. The van der Waals surface area contributed by atoms with Crippen molar-refractivity contribution in [2.75, 3.05) is 13.2 Å². The van der Waals surface area contributed by atoms with Gasteiger partial charge in [-0.15, -0.1) is 0 Å². The highest BCUT2D eigenvalue weighted by Crippen LogP contribution is 2.25. The number of rotatable bonds is 19. The van der Waals surface area contributed by atoms with Crippen molar-refractivity contribution in [1.82, 2.24) is 34.8 Å². The molecule has 0 saturated heterocycles. The molecule has 1 amide bonds. The van der Waals surface area contributed by atoms with Crippen molar-refractivity contribution in [3.63, 3.8) is 0 Å². The molecule has 0 aliphatic heterocycles. The van der Waals surface area contributed by atoms with Gasteiger partial charge >= 0.3 is 17.9 Å². The number of carbonyl (C=O) groups excluding carboxylic acids is 3. The number of aliphatic hydroxyl groups excluding tert-OH is 2. The Morgan fingerprint density at radius 3 is 1.48 bits per heavy atom. The number of ether oxygens (including phenoxy) is 2. The van der Waals surface area contributed by atoms with Crippen LogP contribution in [0.5, 0.6) is 0 Å². The molecule has 0 unspecified atom stereocenters. The molecule has 0 spiro atoms. The number of aromatic amines is 2. The Balaban J connectivity index is 0.000000209. The van der Waals surface area contributed by atoms with E-state index in [1.807, 2.05) is 91.0 Å². The highest BCUT2D eigenvalue weighted by atomic mass is 35.5. The van der Waals surface area contributed by atoms with Gasteiger partial charge in [0.2, 0.25) is 0 Å². The monoisotopic (exact) mass is 1090 g/mol. The lowest BCUT2D eigenvalue weighted by atomic mass is 9.97. The predicted octanol–water partition coefficient (Wildman–Crippen LogP) is 6.99. The number of esters is 2. The summed E-state index contributed by atoms with van der Waals surface area (Å²) in [5, 5.41) is 38.2. The number of nitrogens with two attached hydrogens (primary N) is 1. The van der Waals surface area contributed by atoms with E-state index in [1.54, 1.807) is 56.3 Å². The SMILES string of the molecule is CCOC(=O)[C@H](O)C[C@@H](Cc1ccc(-c2cccc(Cl)c2)cc1)NC(=O)c1cc(=O)n(-c2ccccn2)[nH]1.CCOC(=O)[C@H](O)C[C@H](N)Cc1ccc(-c2cccc(Cl)c2)cc1.O=C(O)c1cc(=O)n(-c2ccccn2)[nH]1. The summed E-state index contributed by atoms with van der Waals surface area (Å²) in [5.74, 6) is -2.43. The topological polar surface area (TPSA) is 287 Å². The summed E-state index contributed by atoms with van der Waals surface area (Å²) in [5.41, 5.74) is 11.0. The number of pyridine rings is 2. The van der Waals surface area contributed by atoms with E-state index in [0.717, 1.165) is 48.8 Å². The molecule has 4 atom stereocenters. The predicted molar refractivity (Wildman–Crippen MR) is 290 cm³/mol. The summed E-state index contributed by atoms with van der Waals surface area (Å²) in [6.45, 7) is 3.72. The Kier molecular flexibility index (Phi) is 21.4. The fourth-order valence-electron chi connectivity index (χ4n) is 7.69. The second kappa shape index (κ2) is 28.4. The lowest BCUT2D eigenvalue weighted by molar-refractivity contribution is -0.154. The second-order valence-electron chi connectivity index (χ2n) is 17.1. The van der Waals surface area contributed by atoms with Crippen molar-refractivity contribution in [2.45, 2.75) is 63.8 Å². The molecule has 400 valence electrons. The van der Waals surface area contributed by atoms with E-state index in [2.05, 4.69) is 25.5 Å². The van der Waals surface area contributed by atoms with Crippen LogP contribution in [0.15, 0.2) is 168 Å². The van der Waals surface area contributed by atoms with Crippen molar-refractivity contribution in [3.05, 3.63) is 211 Å². The Morgan fingerprint density at radius 1 is 0.597 bits per heavy atom. The third-order valence-electron chi connectivity index (χ3n) is 11.4. The van der Waals surface area contributed by atoms with Gasteiger partial charge in [0.05, 0.1) is 13.2 Å². The molecule has 0 saturated carbocycles. The van der Waals surface area contributed by atoms with Crippen LogP contribution in [-0.2, 0) is 31.9 Å². The van der Waals surface area contributed by atoms with Crippen LogP contribution >= 0.6 is 23.2 Å². The Labute approximate surface area is 451 Å². The van der Waals surface area contributed by atoms with E-state index in [-0.39, 0.29) is 43.5 Å². The molecular formula is C56H56Cl2N8O11. The van der Waals surface area contributed by atoms with Gasteiger partial charge in [-0.25, -0.2) is 33.7 Å². The average molecular weight is 1090 g/mol. The number of H-pyrrole nitrogens is 2. The third-order valence-corrected chi connectivity index (χ3v) is 11.8. The molecule has 0 aliphatic carbocycles. The van der Waals surface area contributed by atoms with Crippen LogP contribution in [0, 0.1) is 0 Å². The van der Waals surface area contributed by atoms with Gasteiger partial charge in [0.25, 0.3) is 17.0 Å². The van der Waals surface area contributed by atoms with E-state index < -0.39 is 53.2 Å². The normalized spacial score (nSPS) is 12.3. The number of carboxylic acids is 1. The molecule has 0 fully saturated rings. The highest BCUT2D eigenvalue weighted by molar-refractivity contribution is 6.31. The maximum Gasteiger partial charge on any atom is 0.353 e. The van der Waals surface area contributed by atoms with Gasteiger partial charge in [-0.05, 0) is 115 Å². The Morgan fingerprint density at radius 2 is 1.05 bits per heavy atom. The maximum absolute atomic E-state index is 13.1. The summed E-state index contributed by atoms with van der Waals surface area (Å²) >= 11 is 12.1. The maximum atomic E-state index is 13.1. The molecule has 4 aromatic heterocycles. The van der Waals surface area contributed by atoms with Crippen molar-refractivity contribution < 1.29 is 44.0 Å². The molecule has 0 radical (unpaired) electrons. The largest absolute Gasteiger partial charge is 0.477 e. The summed E-state index contributed by atoms with van der Waals surface area (Å²) < 4.78 is 11.9. The molecule has 4 aromatic carbocycles. The zero-order chi connectivity index (χ0) is 55.4. The highest BCUT2D eigenvalue weighted by Gasteiger charge is 2.25.